The van der Waals surface area contributed by atoms with Crippen LogP contribution in [-0.2, 0) is 4.57 Å². The van der Waals surface area contributed by atoms with E-state index in [9.17, 15) is 4.57 Å². The Morgan fingerprint density at radius 1 is 1.69 bits per heavy atom. The molecule has 1 atom stereocenters. The number of rotatable bonds is 1. The van der Waals surface area contributed by atoms with Gasteiger partial charge in [-0.3, -0.25) is 10.5 Å². The molecule has 0 aromatic heterocycles. The lowest BCUT2D eigenvalue weighted by atomic mass is 10.2. The first-order valence-corrected chi connectivity index (χ1v) is 5.70. The van der Waals surface area contributed by atoms with E-state index in [2.05, 4.69) is 0 Å². The minimum absolute atomic E-state index is 0.182. The van der Waals surface area contributed by atoms with E-state index >= 15 is 0 Å². The molecule has 1 unspecified atom stereocenters. The molecule has 0 aromatic carbocycles. The van der Waals surface area contributed by atoms with Crippen LogP contribution in [0.2, 0.25) is 0 Å². The third kappa shape index (κ3) is 2.99. The average Bonchev–Trinajstić information content (AvgIpc) is 2.30. The zero-order valence-electron chi connectivity index (χ0n) is 7.40. The van der Waals surface area contributed by atoms with Crippen LogP contribution in [0.15, 0.2) is 0 Å². The summed E-state index contributed by atoms with van der Waals surface area (Å²) >= 11 is 0. The van der Waals surface area contributed by atoms with Gasteiger partial charge >= 0.3 is 7.75 Å². The smallest absolute Gasteiger partial charge is 0.340 e. The Balaban J connectivity index is 2.53. The van der Waals surface area contributed by atoms with Crippen LogP contribution in [0.1, 0.15) is 19.8 Å². The second kappa shape index (κ2) is 3.65. The Labute approximate surface area is 76.7 Å². The van der Waals surface area contributed by atoms with Gasteiger partial charge in [0.1, 0.15) is 0 Å². The van der Waals surface area contributed by atoms with Gasteiger partial charge in [0, 0.05) is 12.6 Å². The van der Waals surface area contributed by atoms with Crippen molar-refractivity contribution in [1.82, 2.24) is 9.99 Å². The van der Waals surface area contributed by atoms with E-state index in [4.69, 9.17) is 15.2 Å². The highest BCUT2D eigenvalue weighted by atomic mass is 31.2. The van der Waals surface area contributed by atoms with Gasteiger partial charge in [0.05, 0.1) is 0 Å². The van der Waals surface area contributed by atoms with Crippen LogP contribution in [0.5, 0.6) is 0 Å². The van der Waals surface area contributed by atoms with E-state index in [0.29, 0.717) is 6.54 Å². The number of nitrogens with one attached hydrogen (secondary N) is 2. The highest BCUT2D eigenvalue weighted by Gasteiger charge is 2.26. The number of nitrogens with zero attached hydrogens (tertiary/aromatic N) is 1. The van der Waals surface area contributed by atoms with Gasteiger partial charge in [-0.25, -0.2) is 4.57 Å². The Kier molecular flexibility index (Phi) is 2.95. The average molecular weight is 207 g/mol. The van der Waals surface area contributed by atoms with Crippen LogP contribution in [0.3, 0.4) is 0 Å². The summed E-state index contributed by atoms with van der Waals surface area (Å²) in [6.45, 7) is 2.62. The maximum Gasteiger partial charge on any atom is 0.429 e. The molecule has 1 fully saturated rings. The Morgan fingerprint density at radius 2 is 2.31 bits per heavy atom. The fourth-order valence-electron chi connectivity index (χ4n) is 1.47. The van der Waals surface area contributed by atoms with E-state index in [0.717, 1.165) is 12.8 Å². The van der Waals surface area contributed by atoms with E-state index in [1.807, 2.05) is 12.0 Å². The minimum atomic E-state index is -4.32. The van der Waals surface area contributed by atoms with Gasteiger partial charge in [-0.2, -0.15) is 0 Å². The van der Waals surface area contributed by atoms with Gasteiger partial charge in [0.25, 0.3) is 0 Å². The maximum absolute atomic E-state index is 10.5. The Hall–Kier alpha value is -0.580. The zero-order valence-corrected chi connectivity index (χ0v) is 8.29. The molecule has 1 aliphatic rings. The van der Waals surface area contributed by atoms with Crippen molar-refractivity contribution in [2.75, 3.05) is 6.54 Å². The first-order chi connectivity index (χ1) is 5.90. The van der Waals surface area contributed by atoms with E-state index < -0.39 is 7.75 Å². The summed E-state index contributed by atoms with van der Waals surface area (Å²) in [5, 5.41) is 9.26. The van der Waals surface area contributed by atoms with Crippen molar-refractivity contribution in [1.29, 1.82) is 5.41 Å². The van der Waals surface area contributed by atoms with Gasteiger partial charge in [0.2, 0.25) is 0 Å². The fraction of sp³-hybridized carbons (Fsp3) is 0.833. The normalized spacial score (nSPS) is 23.3. The molecule has 0 bridgehead atoms. The maximum atomic E-state index is 10.5. The second-order valence-electron chi connectivity index (χ2n) is 3.19. The molecule has 0 aromatic rings. The molecule has 1 aliphatic heterocycles. The van der Waals surface area contributed by atoms with Crippen molar-refractivity contribution < 1.29 is 14.4 Å². The summed E-state index contributed by atoms with van der Waals surface area (Å²) in [5.74, 6) is -0.182. The molecule has 1 saturated heterocycles. The van der Waals surface area contributed by atoms with Crippen molar-refractivity contribution in [2.45, 2.75) is 25.8 Å². The topological polar surface area (TPSA) is 96.7 Å². The standard InChI is InChI=1S/C6H14N3O3P/c1-5-3-2-4-9(5)6(7)8-13(10,11)12/h5H,2-4H2,1H3,(H4,7,8,10,11,12). The van der Waals surface area contributed by atoms with Crippen molar-refractivity contribution in [3.63, 3.8) is 0 Å². The third-order valence-electron chi connectivity index (χ3n) is 2.09. The number of likely N-dealkylation sites (tertiary alicyclic amines) is 1. The van der Waals surface area contributed by atoms with Crippen molar-refractivity contribution in [2.24, 2.45) is 0 Å². The summed E-state index contributed by atoms with van der Waals surface area (Å²) in [6, 6.07) is 0.187. The summed E-state index contributed by atoms with van der Waals surface area (Å²) < 4.78 is 10.5. The van der Waals surface area contributed by atoms with Crippen LogP contribution in [0.4, 0.5) is 0 Å². The van der Waals surface area contributed by atoms with Crippen LogP contribution < -0.4 is 5.09 Å². The minimum Gasteiger partial charge on any atom is -0.340 e. The number of guanidine groups is 1. The lowest BCUT2D eigenvalue weighted by Gasteiger charge is -2.24. The first-order valence-electron chi connectivity index (χ1n) is 4.09. The largest absolute Gasteiger partial charge is 0.429 e. The predicted octanol–water partition coefficient (Wildman–Crippen LogP) is 0.0878. The molecule has 6 nitrogen and oxygen atoms in total. The van der Waals surface area contributed by atoms with Gasteiger partial charge in [-0.1, -0.05) is 0 Å². The molecule has 4 N–H and O–H groups in total. The van der Waals surface area contributed by atoms with Gasteiger partial charge < -0.3 is 14.7 Å². The van der Waals surface area contributed by atoms with Crippen molar-refractivity contribution in [3.8, 4) is 0 Å². The second-order valence-corrected chi connectivity index (χ2v) is 4.50. The molecular formula is C6H14N3O3P. The molecule has 0 aliphatic carbocycles. The molecular weight excluding hydrogens is 193 g/mol. The van der Waals surface area contributed by atoms with Crippen LogP contribution in [0, 0.1) is 5.41 Å². The Bertz CT molecular complexity index is 252. The molecule has 1 rings (SSSR count). The number of hydrogen-bond donors (Lipinski definition) is 4. The predicted molar refractivity (Wildman–Crippen MR) is 48.3 cm³/mol. The third-order valence-corrected chi connectivity index (χ3v) is 2.59. The molecule has 0 spiro atoms. The zero-order chi connectivity index (χ0) is 10.1. The van der Waals surface area contributed by atoms with Gasteiger partial charge in [0.15, 0.2) is 5.96 Å². The molecule has 0 saturated carbocycles. The summed E-state index contributed by atoms with van der Waals surface area (Å²) in [5.41, 5.74) is 0. The lowest BCUT2D eigenvalue weighted by molar-refractivity contribution is 0.355. The highest BCUT2D eigenvalue weighted by molar-refractivity contribution is 7.50. The molecule has 7 heteroatoms. The van der Waals surface area contributed by atoms with E-state index in [-0.39, 0.29) is 12.0 Å². The van der Waals surface area contributed by atoms with Gasteiger partial charge in [-0.15, -0.1) is 0 Å². The molecule has 0 radical (unpaired) electrons. The molecule has 0 amide bonds. The van der Waals surface area contributed by atoms with E-state index in [1.54, 1.807) is 4.90 Å². The van der Waals surface area contributed by atoms with E-state index in [1.165, 1.54) is 0 Å². The fourth-order valence-corrected chi connectivity index (χ4v) is 1.87. The van der Waals surface area contributed by atoms with Crippen LogP contribution >= 0.6 is 7.75 Å². The summed E-state index contributed by atoms with van der Waals surface area (Å²) in [7, 11) is -4.32. The van der Waals surface area contributed by atoms with Crippen LogP contribution in [0.25, 0.3) is 0 Å². The quantitative estimate of drug-likeness (QED) is 0.277. The molecule has 1 heterocycles. The summed E-state index contributed by atoms with van der Waals surface area (Å²) in [4.78, 5) is 18.8. The molecule has 76 valence electrons. The summed E-state index contributed by atoms with van der Waals surface area (Å²) in [6.07, 6.45) is 1.93. The Morgan fingerprint density at radius 3 is 2.69 bits per heavy atom. The van der Waals surface area contributed by atoms with Crippen molar-refractivity contribution in [3.05, 3.63) is 0 Å². The first kappa shape index (κ1) is 10.5. The van der Waals surface area contributed by atoms with Crippen molar-refractivity contribution >= 4 is 13.7 Å². The van der Waals surface area contributed by atoms with Gasteiger partial charge in [-0.05, 0) is 19.8 Å². The monoisotopic (exact) mass is 207 g/mol. The SMILES string of the molecule is CC1CCCN1C(=N)NP(=O)(O)O. The number of hydrogen-bond acceptors (Lipinski definition) is 2. The lowest BCUT2D eigenvalue weighted by Crippen LogP contribution is -2.40. The highest BCUT2D eigenvalue weighted by Crippen LogP contribution is 2.29. The van der Waals surface area contributed by atoms with Crippen LogP contribution in [-0.4, -0.2) is 33.2 Å². The molecule has 13 heavy (non-hydrogen) atoms.